The molecule has 0 aliphatic carbocycles. The van der Waals surface area contributed by atoms with Crippen LogP contribution in [0.5, 0.6) is 0 Å². The molecular weight excluding hydrogens is 420 g/mol. The molecule has 1 N–H and O–H groups in total. The predicted octanol–water partition coefficient (Wildman–Crippen LogP) is 5.01. The second-order valence-corrected chi connectivity index (χ2v) is 7.90. The molecule has 4 aromatic rings. The Morgan fingerprint density at radius 1 is 1.00 bits per heavy atom. The molecule has 1 heterocycles. The lowest BCUT2D eigenvalue weighted by molar-refractivity contribution is -0.124. The highest BCUT2D eigenvalue weighted by molar-refractivity contribution is 7.16. The van der Waals surface area contributed by atoms with Gasteiger partial charge in [-0.1, -0.05) is 54.1 Å². The molecule has 4 rings (SSSR count). The van der Waals surface area contributed by atoms with E-state index in [1.165, 1.54) is 11.3 Å². The Morgan fingerprint density at radius 2 is 1.73 bits per heavy atom. The zero-order valence-corrected chi connectivity index (χ0v) is 17.3. The molecule has 0 spiro atoms. The van der Waals surface area contributed by atoms with E-state index in [4.69, 9.17) is 16.3 Å². The Bertz CT molecular complexity index is 1180. The van der Waals surface area contributed by atoms with E-state index in [2.05, 4.69) is 10.3 Å². The van der Waals surface area contributed by atoms with Crippen molar-refractivity contribution in [3.8, 4) is 0 Å². The number of carbonyl (C=O) groups is 2. The number of benzene rings is 3. The molecule has 3 aromatic carbocycles. The van der Waals surface area contributed by atoms with Crippen LogP contribution in [-0.2, 0) is 9.53 Å². The van der Waals surface area contributed by atoms with Gasteiger partial charge in [0.1, 0.15) is 0 Å². The summed E-state index contributed by atoms with van der Waals surface area (Å²) in [5, 5.41) is 3.55. The highest BCUT2D eigenvalue weighted by Crippen LogP contribution is 2.24. The third-order valence-corrected chi connectivity index (χ3v) is 5.59. The Kier molecular flexibility index (Phi) is 6.07. The maximum Gasteiger partial charge on any atom is 0.338 e. The summed E-state index contributed by atoms with van der Waals surface area (Å²) in [7, 11) is 0. The van der Waals surface area contributed by atoms with Gasteiger partial charge in [-0.25, -0.2) is 9.78 Å². The van der Waals surface area contributed by atoms with E-state index in [1.807, 2.05) is 42.5 Å². The average Bonchev–Trinajstić information content (AvgIpc) is 3.25. The number of aromatic nitrogens is 1. The van der Waals surface area contributed by atoms with E-state index in [0.29, 0.717) is 10.6 Å². The fraction of sp³-hybridized carbons (Fsp3) is 0.0870. The SMILES string of the molecule is O=C(COC(=O)c1ccc2ncsc2c1)NC(c1ccccc1)c1ccc(Cl)cc1. The van der Waals surface area contributed by atoms with Crippen molar-refractivity contribution < 1.29 is 14.3 Å². The van der Waals surface area contributed by atoms with Gasteiger partial charge in [0.05, 0.1) is 27.3 Å². The van der Waals surface area contributed by atoms with Gasteiger partial charge in [0.2, 0.25) is 0 Å². The quantitative estimate of drug-likeness (QED) is 0.431. The van der Waals surface area contributed by atoms with Crippen molar-refractivity contribution in [3.63, 3.8) is 0 Å². The van der Waals surface area contributed by atoms with Gasteiger partial charge in [-0.2, -0.15) is 0 Å². The smallest absolute Gasteiger partial charge is 0.338 e. The highest BCUT2D eigenvalue weighted by Gasteiger charge is 2.18. The summed E-state index contributed by atoms with van der Waals surface area (Å²) in [4.78, 5) is 29.1. The molecule has 1 aromatic heterocycles. The maximum absolute atomic E-state index is 12.6. The summed E-state index contributed by atoms with van der Waals surface area (Å²) in [6.45, 7) is -0.378. The molecule has 30 heavy (non-hydrogen) atoms. The number of hydrogen-bond donors (Lipinski definition) is 1. The van der Waals surface area contributed by atoms with Crippen molar-refractivity contribution in [2.45, 2.75) is 6.04 Å². The number of nitrogens with one attached hydrogen (secondary N) is 1. The largest absolute Gasteiger partial charge is 0.452 e. The Balaban J connectivity index is 1.44. The second kappa shape index (κ2) is 9.07. The number of esters is 1. The first-order valence-corrected chi connectivity index (χ1v) is 10.5. The predicted molar refractivity (Wildman–Crippen MR) is 118 cm³/mol. The van der Waals surface area contributed by atoms with E-state index in [1.54, 1.807) is 35.8 Å². The molecule has 1 amide bonds. The minimum absolute atomic E-state index is 0.378. The molecule has 0 aliphatic rings. The molecule has 0 saturated heterocycles. The number of thiazole rings is 1. The van der Waals surface area contributed by atoms with Gasteiger partial charge in [0, 0.05) is 5.02 Å². The van der Waals surface area contributed by atoms with E-state index in [9.17, 15) is 9.59 Å². The van der Waals surface area contributed by atoms with Gasteiger partial charge in [-0.3, -0.25) is 4.79 Å². The van der Waals surface area contributed by atoms with Crippen LogP contribution in [-0.4, -0.2) is 23.5 Å². The van der Waals surface area contributed by atoms with Crippen molar-refractivity contribution in [3.05, 3.63) is 100 Å². The number of amides is 1. The molecule has 0 radical (unpaired) electrons. The molecule has 1 unspecified atom stereocenters. The first-order chi connectivity index (χ1) is 14.6. The number of halogens is 1. The van der Waals surface area contributed by atoms with Crippen molar-refractivity contribution in [2.75, 3.05) is 6.61 Å². The maximum atomic E-state index is 12.6. The van der Waals surface area contributed by atoms with Gasteiger partial charge in [0.15, 0.2) is 6.61 Å². The van der Waals surface area contributed by atoms with Crippen LogP contribution in [0.25, 0.3) is 10.2 Å². The van der Waals surface area contributed by atoms with E-state index < -0.39 is 11.9 Å². The summed E-state index contributed by atoms with van der Waals surface area (Å²) in [6.07, 6.45) is 0. The van der Waals surface area contributed by atoms with Crippen molar-refractivity contribution >= 4 is 45.0 Å². The number of nitrogens with zero attached hydrogens (tertiary/aromatic N) is 1. The normalized spacial score (nSPS) is 11.8. The lowest BCUT2D eigenvalue weighted by Gasteiger charge is -2.20. The van der Waals surface area contributed by atoms with Crippen LogP contribution in [0.1, 0.15) is 27.5 Å². The Morgan fingerprint density at radius 3 is 2.50 bits per heavy atom. The number of ether oxygens (including phenoxy) is 1. The topological polar surface area (TPSA) is 68.3 Å². The minimum atomic E-state index is -0.553. The summed E-state index contributed by atoms with van der Waals surface area (Å²) in [5.74, 6) is -0.950. The lowest BCUT2D eigenvalue weighted by Crippen LogP contribution is -2.33. The lowest BCUT2D eigenvalue weighted by atomic mass is 9.99. The van der Waals surface area contributed by atoms with Gasteiger partial charge in [0.25, 0.3) is 5.91 Å². The van der Waals surface area contributed by atoms with Crippen molar-refractivity contribution in [2.24, 2.45) is 0 Å². The third-order valence-electron chi connectivity index (χ3n) is 4.54. The molecule has 150 valence electrons. The van der Waals surface area contributed by atoms with Crippen molar-refractivity contribution in [1.82, 2.24) is 10.3 Å². The van der Waals surface area contributed by atoms with E-state index in [0.717, 1.165) is 21.3 Å². The fourth-order valence-corrected chi connectivity index (χ4v) is 3.90. The molecule has 7 heteroatoms. The molecule has 0 saturated carbocycles. The first-order valence-electron chi connectivity index (χ1n) is 9.20. The third kappa shape index (κ3) is 4.67. The van der Waals surface area contributed by atoms with Crippen LogP contribution in [0.3, 0.4) is 0 Å². The zero-order chi connectivity index (χ0) is 20.9. The first kappa shape index (κ1) is 20.1. The molecule has 0 aliphatic heterocycles. The van der Waals surface area contributed by atoms with Gasteiger partial charge >= 0.3 is 5.97 Å². The van der Waals surface area contributed by atoms with Crippen LogP contribution in [0.4, 0.5) is 0 Å². The fourth-order valence-electron chi connectivity index (χ4n) is 3.06. The zero-order valence-electron chi connectivity index (χ0n) is 15.7. The van der Waals surface area contributed by atoms with Gasteiger partial charge < -0.3 is 10.1 Å². The Hall–Kier alpha value is -3.22. The van der Waals surface area contributed by atoms with Crippen LogP contribution < -0.4 is 5.32 Å². The Labute approximate surface area is 182 Å². The molecular formula is C23H17ClN2O3S. The molecule has 0 fully saturated rings. The molecule has 1 atom stereocenters. The van der Waals surface area contributed by atoms with Crippen LogP contribution in [0, 0.1) is 0 Å². The summed E-state index contributed by atoms with van der Waals surface area (Å²) < 4.78 is 6.11. The van der Waals surface area contributed by atoms with Crippen molar-refractivity contribution in [1.29, 1.82) is 0 Å². The number of fused-ring (bicyclic) bond motifs is 1. The summed E-state index contributed by atoms with van der Waals surface area (Å²) in [6, 6.07) is 21.6. The van der Waals surface area contributed by atoms with E-state index in [-0.39, 0.29) is 12.6 Å². The van der Waals surface area contributed by atoms with E-state index >= 15 is 0 Å². The summed E-state index contributed by atoms with van der Waals surface area (Å²) >= 11 is 7.43. The number of rotatable bonds is 6. The second-order valence-electron chi connectivity index (χ2n) is 6.57. The summed E-state index contributed by atoms with van der Waals surface area (Å²) in [5.41, 5.74) is 4.71. The monoisotopic (exact) mass is 436 g/mol. The average molecular weight is 437 g/mol. The van der Waals surface area contributed by atoms with Crippen LogP contribution in [0.2, 0.25) is 5.02 Å². The minimum Gasteiger partial charge on any atom is -0.452 e. The highest BCUT2D eigenvalue weighted by atomic mass is 35.5. The number of carbonyl (C=O) groups excluding carboxylic acids is 2. The van der Waals surface area contributed by atoms with Gasteiger partial charge in [-0.15, -0.1) is 11.3 Å². The van der Waals surface area contributed by atoms with Crippen LogP contribution in [0.15, 0.2) is 78.3 Å². The van der Waals surface area contributed by atoms with Gasteiger partial charge in [-0.05, 0) is 41.5 Å². The molecule has 5 nitrogen and oxygen atoms in total. The number of hydrogen-bond acceptors (Lipinski definition) is 5. The molecule has 0 bridgehead atoms. The standard InChI is InChI=1S/C23H17ClN2O3S/c24-18-9-6-16(7-10-18)22(15-4-2-1-3-5-15)26-21(27)13-29-23(28)17-8-11-19-20(12-17)30-14-25-19/h1-12,14,22H,13H2,(H,26,27). The van der Waals surface area contributed by atoms with Crippen LogP contribution >= 0.6 is 22.9 Å².